The number of anilines is 2. The van der Waals surface area contributed by atoms with Gasteiger partial charge in [0.25, 0.3) is 10.0 Å². The molecular weight excluding hydrogens is 446 g/mol. The van der Waals surface area contributed by atoms with Crippen LogP contribution in [-0.2, 0) is 15.4 Å². The number of benzene rings is 2. The van der Waals surface area contributed by atoms with Crippen molar-refractivity contribution < 1.29 is 8.42 Å². The molecular formula is C26H33N5O2S. The van der Waals surface area contributed by atoms with Gasteiger partial charge in [0.15, 0.2) is 0 Å². The smallest absolute Gasteiger partial charge is 0.286 e. The Balaban J connectivity index is 1.19. The average Bonchev–Trinajstić information content (AvgIpc) is 3.20. The molecule has 1 saturated heterocycles. The van der Waals surface area contributed by atoms with Crippen molar-refractivity contribution in [3.05, 3.63) is 53.7 Å². The second-order valence-corrected chi connectivity index (χ2v) is 12.1. The topological polar surface area (TPSA) is 89.6 Å². The second-order valence-electron chi connectivity index (χ2n) is 10.6. The molecule has 180 valence electrons. The van der Waals surface area contributed by atoms with Crippen LogP contribution in [0.3, 0.4) is 0 Å². The lowest BCUT2D eigenvalue weighted by atomic mass is 9.92. The van der Waals surface area contributed by atoms with Crippen LogP contribution in [-0.4, -0.2) is 49.8 Å². The molecule has 0 radical (unpaired) electrons. The monoisotopic (exact) mass is 479 g/mol. The largest absolute Gasteiger partial charge is 0.382 e. The lowest BCUT2D eigenvalue weighted by Crippen LogP contribution is -2.43. The highest BCUT2D eigenvalue weighted by molar-refractivity contribution is 7.90. The van der Waals surface area contributed by atoms with E-state index in [9.17, 15) is 8.42 Å². The Morgan fingerprint density at radius 3 is 2.59 bits per heavy atom. The summed E-state index contributed by atoms with van der Waals surface area (Å²) in [5, 5.41) is 8.14. The Hall–Kier alpha value is -2.84. The Morgan fingerprint density at radius 2 is 1.85 bits per heavy atom. The van der Waals surface area contributed by atoms with E-state index in [4.69, 9.17) is 0 Å². The van der Waals surface area contributed by atoms with Crippen LogP contribution in [0.15, 0.2) is 51.8 Å². The molecule has 3 N–H and O–H groups in total. The fraction of sp³-hybridized carbons (Fsp3) is 0.423. The minimum atomic E-state index is -3.66. The summed E-state index contributed by atoms with van der Waals surface area (Å²) in [7, 11) is -3.66. The van der Waals surface area contributed by atoms with E-state index in [1.54, 1.807) is 6.07 Å². The lowest BCUT2D eigenvalue weighted by Gasteiger charge is -2.33. The van der Waals surface area contributed by atoms with Crippen molar-refractivity contribution in [3.63, 3.8) is 0 Å². The summed E-state index contributed by atoms with van der Waals surface area (Å²) in [5.41, 5.74) is 5.16. The number of nitrogens with one attached hydrogen (secondary N) is 3. The Labute approximate surface area is 201 Å². The fourth-order valence-corrected chi connectivity index (χ4v) is 5.92. The zero-order valence-corrected chi connectivity index (χ0v) is 21.1. The van der Waals surface area contributed by atoms with Crippen LogP contribution in [0.5, 0.6) is 0 Å². The summed E-state index contributed by atoms with van der Waals surface area (Å²) in [4.78, 5) is 6.06. The van der Waals surface area contributed by atoms with Crippen LogP contribution in [0.4, 0.5) is 11.4 Å². The molecule has 1 aromatic heterocycles. The highest BCUT2D eigenvalue weighted by atomic mass is 32.2. The van der Waals surface area contributed by atoms with Crippen molar-refractivity contribution >= 4 is 38.1 Å². The molecule has 5 rings (SSSR count). The van der Waals surface area contributed by atoms with E-state index in [1.165, 1.54) is 11.1 Å². The molecule has 2 aliphatic rings. The zero-order chi connectivity index (χ0) is 24.1. The number of nitrogens with zero attached hydrogens (tertiary/aromatic N) is 2. The molecule has 2 aliphatic heterocycles. The predicted molar refractivity (Wildman–Crippen MR) is 140 cm³/mol. The molecule has 0 atom stereocenters. The number of H-pyrrole nitrogens is 1. The van der Waals surface area contributed by atoms with E-state index < -0.39 is 10.0 Å². The maximum Gasteiger partial charge on any atom is 0.286 e. The van der Waals surface area contributed by atoms with Crippen LogP contribution in [0.2, 0.25) is 0 Å². The summed E-state index contributed by atoms with van der Waals surface area (Å²) >= 11 is 0. The Bertz CT molecular complexity index is 1360. The standard InChI is InChI=1S/C26H33N5O2S/c1-17-5-7-22-23(13-17)34(32,33)30-25(29-22)16-31-11-9-19(10-12-31)27-20-6-8-21-18(14-20)15-24(28-21)26(2,3)4/h5-8,13-15,19,27-28H,9-12,16H2,1-4H3,(H,29,30). The molecule has 34 heavy (non-hydrogen) atoms. The third-order valence-corrected chi connectivity index (χ3v) is 8.04. The summed E-state index contributed by atoms with van der Waals surface area (Å²) in [6, 6.07) is 14.5. The second kappa shape index (κ2) is 8.43. The van der Waals surface area contributed by atoms with Crippen molar-refractivity contribution in [2.24, 2.45) is 4.40 Å². The number of piperidine rings is 1. The summed E-state index contributed by atoms with van der Waals surface area (Å²) in [6.45, 7) is 10.8. The van der Waals surface area contributed by atoms with Gasteiger partial charge in [0.2, 0.25) is 0 Å². The van der Waals surface area contributed by atoms with E-state index in [0.717, 1.165) is 42.7 Å². The van der Waals surface area contributed by atoms with E-state index in [0.29, 0.717) is 24.1 Å². The van der Waals surface area contributed by atoms with Gasteiger partial charge in [0, 0.05) is 46.8 Å². The van der Waals surface area contributed by atoms with Crippen LogP contribution >= 0.6 is 0 Å². The van der Waals surface area contributed by atoms with Gasteiger partial charge in [-0.3, -0.25) is 4.90 Å². The molecule has 7 nitrogen and oxygen atoms in total. The van der Waals surface area contributed by atoms with Crippen LogP contribution in [0.25, 0.3) is 10.9 Å². The Morgan fingerprint density at radius 1 is 1.09 bits per heavy atom. The number of likely N-dealkylation sites (tertiary alicyclic amines) is 1. The number of aromatic amines is 1. The summed E-state index contributed by atoms with van der Waals surface area (Å²) < 4.78 is 29.3. The van der Waals surface area contributed by atoms with E-state index in [2.05, 4.69) is 70.0 Å². The van der Waals surface area contributed by atoms with Gasteiger partial charge >= 0.3 is 0 Å². The average molecular weight is 480 g/mol. The van der Waals surface area contributed by atoms with Gasteiger partial charge in [-0.05, 0) is 61.7 Å². The van der Waals surface area contributed by atoms with E-state index in [-0.39, 0.29) is 10.3 Å². The lowest BCUT2D eigenvalue weighted by molar-refractivity contribution is 0.246. The van der Waals surface area contributed by atoms with Crippen LogP contribution in [0.1, 0.15) is 44.9 Å². The molecule has 3 heterocycles. The van der Waals surface area contributed by atoms with Gasteiger partial charge in [0.1, 0.15) is 10.7 Å². The zero-order valence-electron chi connectivity index (χ0n) is 20.3. The predicted octanol–water partition coefficient (Wildman–Crippen LogP) is 4.86. The quantitative estimate of drug-likeness (QED) is 0.497. The van der Waals surface area contributed by atoms with Gasteiger partial charge in [-0.2, -0.15) is 8.42 Å². The first-order valence-corrected chi connectivity index (χ1v) is 13.3. The summed E-state index contributed by atoms with van der Waals surface area (Å²) in [5.74, 6) is 0.496. The molecule has 3 aromatic rings. The third-order valence-electron chi connectivity index (χ3n) is 6.68. The minimum Gasteiger partial charge on any atom is -0.382 e. The molecule has 1 fully saturated rings. The molecule has 0 saturated carbocycles. The van der Waals surface area contributed by atoms with Crippen molar-refractivity contribution in [3.8, 4) is 0 Å². The Kier molecular flexibility index (Phi) is 5.68. The van der Waals surface area contributed by atoms with Crippen molar-refractivity contribution in [2.45, 2.75) is 56.9 Å². The summed E-state index contributed by atoms with van der Waals surface area (Å²) in [6.07, 6.45) is 1.99. The number of hydrogen-bond acceptors (Lipinski definition) is 5. The maximum atomic E-state index is 12.6. The van der Waals surface area contributed by atoms with Crippen molar-refractivity contribution in [1.29, 1.82) is 0 Å². The van der Waals surface area contributed by atoms with Gasteiger partial charge in [-0.15, -0.1) is 4.40 Å². The highest BCUT2D eigenvalue weighted by Gasteiger charge is 2.27. The van der Waals surface area contributed by atoms with Gasteiger partial charge in [-0.25, -0.2) is 0 Å². The van der Waals surface area contributed by atoms with E-state index in [1.807, 2.05) is 19.1 Å². The first-order valence-electron chi connectivity index (χ1n) is 11.9. The van der Waals surface area contributed by atoms with E-state index >= 15 is 0 Å². The SMILES string of the molecule is Cc1ccc2c(c1)S(=O)(=O)N=C(CN1CCC(Nc3ccc4[nH]c(C(C)(C)C)cc4c3)CC1)N2. The molecule has 0 amide bonds. The van der Waals surface area contributed by atoms with Crippen molar-refractivity contribution in [1.82, 2.24) is 9.88 Å². The van der Waals surface area contributed by atoms with Gasteiger partial charge in [0.05, 0.1) is 12.2 Å². The molecule has 2 aromatic carbocycles. The highest BCUT2D eigenvalue weighted by Crippen LogP contribution is 2.30. The third kappa shape index (κ3) is 4.70. The molecule has 0 spiro atoms. The number of amidine groups is 1. The van der Waals surface area contributed by atoms with Crippen LogP contribution < -0.4 is 10.6 Å². The maximum absolute atomic E-state index is 12.6. The fourth-order valence-electron chi connectivity index (χ4n) is 4.70. The first-order chi connectivity index (χ1) is 16.1. The number of aromatic nitrogens is 1. The number of fused-ring (bicyclic) bond motifs is 2. The molecule has 8 heteroatoms. The molecule has 0 bridgehead atoms. The first kappa shape index (κ1) is 22.9. The molecule has 0 unspecified atom stereocenters. The number of sulfonamides is 1. The number of rotatable bonds is 4. The molecule has 0 aliphatic carbocycles. The normalized spacial score (nSPS) is 18.9. The minimum absolute atomic E-state index is 0.0945. The van der Waals surface area contributed by atoms with Gasteiger partial charge < -0.3 is 15.6 Å². The van der Waals surface area contributed by atoms with Crippen molar-refractivity contribution in [2.75, 3.05) is 30.3 Å². The number of hydrogen-bond donors (Lipinski definition) is 3. The van der Waals surface area contributed by atoms with Crippen LogP contribution in [0, 0.1) is 6.92 Å². The number of aryl methyl sites for hydroxylation is 1. The van der Waals surface area contributed by atoms with Gasteiger partial charge in [-0.1, -0.05) is 26.8 Å².